The van der Waals surface area contributed by atoms with Gasteiger partial charge in [0, 0.05) is 36.4 Å². The summed E-state index contributed by atoms with van der Waals surface area (Å²) in [6.07, 6.45) is 16.7. The molecule has 0 saturated heterocycles. The molecule has 0 aromatic heterocycles. The van der Waals surface area contributed by atoms with Gasteiger partial charge in [0.05, 0.1) is 11.4 Å². The summed E-state index contributed by atoms with van der Waals surface area (Å²) in [5.41, 5.74) is 4.98. The lowest BCUT2D eigenvalue weighted by Crippen LogP contribution is -2.41. The van der Waals surface area contributed by atoms with Crippen molar-refractivity contribution in [1.29, 1.82) is 5.41 Å². The number of hydrogen-bond acceptors (Lipinski definition) is 5. The molecule has 0 bridgehead atoms. The minimum atomic E-state index is -0.0485. The van der Waals surface area contributed by atoms with Crippen molar-refractivity contribution in [2.75, 3.05) is 0 Å². The largest absolute Gasteiger partial charge is 0.387 e. The molecule has 0 radical (unpaired) electrons. The van der Waals surface area contributed by atoms with Gasteiger partial charge in [0.2, 0.25) is 0 Å². The van der Waals surface area contributed by atoms with Crippen molar-refractivity contribution in [3.63, 3.8) is 0 Å². The van der Waals surface area contributed by atoms with E-state index in [0.29, 0.717) is 17.7 Å². The van der Waals surface area contributed by atoms with E-state index in [0.717, 1.165) is 23.4 Å². The predicted molar refractivity (Wildman–Crippen MR) is 116 cm³/mol. The maximum Gasteiger partial charge on any atom is 0.145 e. The van der Waals surface area contributed by atoms with Crippen LogP contribution in [0.3, 0.4) is 0 Å². The van der Waals surface area contributed by atoms with E-state index in [1.54, 1.807) is 0 Å². The van der Waals surface area contributed by atoms with Crippen LogP contribution in [0.15, 0.2) is 71.1 Å². The van der Waals surface area contributed by atoms with Gasteiger partial charge in [0.15, 0.2) is 0 Å². The monoisotopic (exact) mass is 375 g/mol. The van der Waals surface area contributed by atoms with Crippen molar-refractivity contribution in [3.05, 3.63) is 71.1 Å². The van der Waals surface area contributed by atoms with Gasteiger partial charge in [0.25, 0.3) is 0 Å². The number of nitrogens with zero attached hydrogens (tertiary/aromatic N) is 1. The highest BCUT2D eigenvalue weighted by atomic mass is 15.3. The van der Waals surface area contributed by atoms with E-state index < -0.39 is 0 Å². The lowest BCUT2D eigenvalue weighted by Gasteiger charge is -2.29. The van der Waals surface area contributed by atoms with E-state index in [-0.39, 0.29) is 6.17 Å². The Kier molecular flexibility index (Phi) is 6.10. The van der Waals surface area contributed by atoms with E-state index >= 15 is 0 Å². The van der Waals surface area contributed by atoms with Gasteiger partial charge in [-0.05, 0) is 56.8 Å². The maximum absolute atomic E-state index is 7.64. The van der Waals surface area contributed by atoms with Crippen molar-refractivity contribution < 1.29 is 0 Å². The van der Waals surface area contributed by atoms with Crippen LogP contribution in [0.25, 0.3) is 0 Å². The van der Waals surface area contributed by atoms with Crippen LogP contribution >= 0.6 is 0 Å². The van der Waals surface area contributed by atoms with E-state index in [4.69, 9.17) is 5.41 Å². The molecular weight excluding hydrogens is 346 g/mol. The first kappa shape index (κ1) is 19.6. The summed E-state index contributed by atoms with van der Waals surface area (Å²) >= 11 is 0. The van der Waals surface area contributed by atoms with E-state index in [1.165, 1.54) is 11.8 Å². The molecule has 4 N–H and O–H groups in total. The van der Waals surface area contributed by atoms with Crippen LogP contribution in [0.4, 0.5) is 0 Å². The van der Waals surface area contributed by atoms with Gasteiger partial charge in [-0.3, -0.25) is 0 Å². The van der Waals surface area contributed by atoms with Gasteiger partial charge >= 0.3 is 0 Å². The zero-order valence-electron chi connectivity index (χ0n) is 17.0. The van der Waals surface area contributed by atoms with Crippen LogP contribution in [0.2, 0.25) is 0 Å². The molecule has 3 aliphatic rings. The average Bonchev–Trinajstić information content (AvgIpc) is 3.09. The molecule has 5 nitrogen and oxygen atoms in total. The second-order valence-corrected chi connectivity index (χ2v) is 7.59. The highest BCUT2D eigenvalue weighted by Crippen LogP contribution is 2.25. The molecule has 0 spiro atoms. The van der Waals surface area contributed by atoms with Crippen LogP contribution in [-0.2, 0) is 0 Å². The fraction of sp³-hybridized carbons (Fsp3) is 0.348. The van der Waals surface area contributed by atoms with Gasteiger partial charge < -0.3 is 26.3 Å². The lowest BCUT2D eigenvalue weighted by atomic mass is 9.93. The molecular formula is C23H29N5. The zero-order valence-corrected chi connectivity index (χ0v) is 17.0. The van der Waals surface area contributed by atoms with Gasteiger partial charge in [-0.1, -0.05) is 25.0 Å². The number of nitrogens with one attached hydrogen (secondary N) is 4. The fourth-order valence-electron chi connectivity index (χ4n) is 3.16. The third-order valence-electron chi connectivity index (χ3n) is 4.76. The maximum atomic E-state index is 7.64. The molecule has 1 aliphatic carbocycles. The number of fused-ring (bicyclic) bond motifs is 1. The lowest BCUT2D eigenvalue weighted by molar-refractivity contribution is 0.382. The minimum absolute atomic E-state index is 0.0485. The van der Waals surface area contributed by atoms with Crippen LogP contribution in [-0.4, -0.2) is 23.3 Å². The smallest absolute Gasteiger partial charge is 0.145 e. The zero-order chi connectivity index (χ0) is 20.1. The van der Waals surface area contributed by atoms with Crippen molar-refractivity contribution in [1.82, 2.24) is 20.9 Å². The number of allylic oxidation sites excluding steroid dienone is 8. The third kappa shape index (κ3) is 4.58. The Morgan fingerprint density at radius 3 is 2.96 bits per heavy atom. The van der Waals surface area contributed by atoms with Gasteiger partial charge in [-0.15, -0.1) is 0 Å². The predicted octanol–water partition coefficient (Wildman–Crippen LogP) is 3.46. The van der Waals surface area contributed by atoms with Crippen LogP contribution in [0.1, 0.15) is 34.1 Å². The minimum Gasteiger partial charge on any atom is -0.387 e. The first-order valence-electron chi connectivity index (χ1n) is 9.75. The Morgan fingerprint density at radius 2 is 2.21 bits per heavy atom. The molecule has 5 heteroatoms. The highest BCUT2D eigenvalue weighted by Gasteiger charge is 2.28. The standard InChI is InChI=1S/C23H29N5/c1-16(2)25-14-20(13-24)27-22-6-5-11-28-21(15-26-23(22)28)10-9-19-12-17(3)7-8-18(19)4/h5-6,8,11-17,23-27H,7H2,1-4H3/b20-14+,24-13?. The third-order valence-corrected chi connectivity index (χ3v) is 4.76. The van der Waals surface area contributed by atoms with E-state index in [2.05, 4.69) is 72.5 Å². The van der Waals surface area contributed by atoms with Crippen LogP contribution < -0.4 is 16.0 Å². The van der Waals surface area contributed by atoms with Crippen molar-refractivity contribution in [3.8, 4) is 11.8 Å². The Labute approximate surface area is 168 Å². The van der Waals surface area contributed by atoms with Crippen LogP contribution in [0, 0.1) is 23.2 Å². The van der Waals surface area contributed by atoms with E-state index in [1.807, 2.05) is 30.8 Å². The quantitative estimate of drug-likeness (QED) is 0.439. The summed E-state index contributed by atoms with van der Waals surface area (Å²) in [7, 11) is 0. The summed E-state index contributed by atoms with van der Waals surface area (Å²) in [6.45, 7) is 8.47. The van der Waals surface area contributed by atoms with Gasteiger partial charge in [-0.25, -0.2) is 0 Å². The molecule has 146 valence electrons. The molecule has 2 atom stereocenters. The summed E-state index contributed by atoms with van der Waals surface area (Å²) in [5, 5.41) is 17.6. The molecule has 2 aliphatic heterocycles. The molecule has 0 fully saturated rings. The highest BCUT2D eigenvalue weighted by molar-refractivity contribution is 5.75. The van der Waals surface area contributed by atoms with Crippen molar-refractivity contribution >= 4 is 6.21 Å². The second kappa shape index (κ2) is 8.71. The molecule has 2 unspecified atom stereocenters. The summed E-state index contributed by atoms with van der Waals surface area (Å²) in [5.74, 6) is 7.19. The molecule has 0 aromatic rings. The first-order valence-corrected chi connectivity index (χ1v) is 9.75. The molecule has 2 heterocycles. The Morgan fingerprint density at radius 1 is 1.39 bits per heavy atom. The first-order chi connectivity index (χ1) is 13.5. The van der Waals surface area contributed by atoms with Crippen molar-refractivity contribution in [2.24, 2.45) is 5.92 Å². The molecule has 0 amide bonds. The molecule has 3 rings (SSSR count). The Hall–Kier alpha value is -3.13. The second-order valence-electron chi connectivity index (χ2n) is 7.59. The summed E-state index contributed by atoms with van der Waals surface area (Å²) < 4.78 is 0. The fourth-order valence-corrected chi connectivity index (χ4v) is 3.16. The summed E-state index contributed by atoms with van der Waals surface area (Å²) in [4.78, 5) is 2.11. The Bertz CT molecular complexity index is 870. The number of rotatable bonds is 5. The SMILES string of the molecule is CC1=CCC(C)C=C1C#CC1=CNC2C(N/C(C=N)=C/NC(C)C)=CC=CN12. The topological polar surface area (TPSA) is 63.2 Å². The Balaban J connectivity index is 1.71. The van der Waals surface area contributed by atoms with E-state index in [9.17, 15) is 0 Å². The van der Waals surface area contributed by atoms with Gasteiger partial charge in [0.1, 0.15) is 11.9 Å². The average molecular weight is 376 g/mol. The molecule has 0 saturated carbocycles. The van der Waals surface area contributed by atoms with Crippen molar-refractivity contribution in [2.45, 2.75) is 46.3 Å². The summed E-state index contributed by atoms with van der Waals surface area (Å²) in [6, 6.07) is 0.316. The molecule has 28 heavy (non-hydrogen) atoms. The van der Waals surface area contributed by atoms with Crippen LogP contribution in [0.5, 0.6) is 0 Å². The normalized spacial score (nSPS) is 23.5. The molecule has 0 aromatic carbocycles. The number of hydrogen-bond donors (Lipinski definition) is 4. The van der Waals surface area contributed by atoms with Gasteiger partial charge in [-0.2, -0.15) is 0 Å².